The Morgan fingerprint density at radius 3 is 2.56 bits per heavy atom. The number of nitrogens with zero attached hydrogens (tertiary/aromatic N) is 1. The molecule has 1 aromatic carbocycles. The molecule has 0 aliphatic carbocycles. The molecule has 0 atom stereocenters. The number of hydrogen-bond donors (Lipinski definition) is 3. The van der Waals surface area contributed by atoms with Crippen molar-refractivity contribution < 1.29 is 14.7 Å². The van der Waals surface area contributed by atoms with Crippen LogP contribution in [0.4, 0.5) is 5.00 Å². The predicted octanol–water partition coefficient (Wildman–Crippen LogP) is 3.84. The number of nitrogens with two attached hydrogens (primary N) is 1. The first-order valence-corrected chi connectivity index (χ1v) is 9.23. The van der Waals surface area contributed by atoms with Crippen molar-refractivity contribution in [1.82, 2.24) is 4.90 Å². The molecule has 1 heterocycles. The number of carbonyl (C=O) groups is 2. The number of amides is 2. The topological polar surface area (TPSA) is 95.7 Å². The summed E-state index contributed by atoms with van der Waals surface area (Å²) < 4.78 is 0. The van der Waals surface area contributed by atoms with Crippen LogP contribution in [0.1, 0.15) is 34.6 Å². The smallest absolute Gasteiger partial charge is 0.260 e. The molecule has 2 amide bonds. The fourth-order valence-corrected chi connectivity index (χ4v) is 3.37. The minimum atomic E-state index is -0.513. The molecule has 0 aliphatic heterocycles. The lowest BCUT2D eigenvalue weighted by Gasteiger charge is -2.29. The third-order valence-corrected chi connectivity index (χ3v) is 4.96. The van der Waals surface area contributed by atoms with Crippen LogP contribution in [0.5, 0.6) is 5.75 Å². The van der Waals surface area contributed by atoms with Gasteiger partial charge in [-0.1, -0.05) is 25.4 Å². The van der Waals surface area contributed by atoms with Crippen molar-refractivity contribution >= 4 is 52.2 Å². The van der Waals surface area contributed by atoms with E-state index in [-0.39, 0.29) is 35.0 Å². The summed E-state index contributed by atoms with van der Waals surface area (Å²) in [5.41, 5.74) is 6.00. The highest BCUT2D eigenvalue weighted by Gasteiger charge is 2.25. The van der Waals surface area contributed by atoms with Gasteiger partial charge in [-0.25, -0.2) is 0 Å². The number of halogens is 2. The Morgan fingerprint density at radius 2 is 1.96 bits per heavy atom. The lowest BCUT2D eigenvalue weighted by molar-refractivity contribution is 0.0742. The minimum absolute atomic E-state index is 0. The fourth-order valence-electron chi connectivity index (χ4n) is 2.43. The van der Waals surface area contributed by atoms with E-state index in [0.29, 0.717) is 28.7 Å². The van der Waals surface area contributed by atoms with E-state index in [0.717, 1.165) is 0 Å². The Morgan fingerprint density at radius 1 is 1.30 bits per heavy atom. The number of nitrogens with one attached hydrogen (secondary N) is 1. The maximum Gasteiger partial charge on any atom is 0.260 e. The zero-order valence-corrected chi connectivity index (χ0v) is 17.7. The number of phenols is 1. The molecule has 0 fully saturated rings. The number of hydrogen-bond acceptors (Lipinski definition) is 5. The number of anilines is 1. The first-order valence-electron chi connectivity index (χ1n) is 7.97. The van der Waals surface area contributed by atoms with Gasteiger partial charge in [0.2, 0.25) is 0 Å². The van der Waals surface area contributed by atoms with E-state index in [9.17, 15) is 14.7 Å². The Balaban J connectivity index is 0.00000364. The standard InChI is InChI=1S/C18H22ClN3O3S.ClH/c1-18(2,9-20)10-22(3)17(25)13-6-7-26-16(13)21-15(24)12-5-4-11(19)8-14(12)23;/h4-8,23H,9-10,20H2,1-3H3,(H,21,24);1H. The monoisotopic (exact) mass is 431 g/mol. The molecule has 0 unspecified atom stereocenters. The highest BCUT2D eigenvalue weighted by molar-refractivity contribution is 7.14. The summed E-state index contributed by atoms with van der Waals surface area (Å²) >= 11 is 7.02. The first kappa shape index (κ1) is 23.2. The molecule has 2 rings (SSSR count). The third kappa shape index (κ3) is 5.84. The molecule has 0 spiro atoms. The van der Waals surface area contributed by atoms with Crippen molar-refractivity contribution in [2.45, 2.75) is 13.8 Å². The van der Waals surface area contributed by atoms with E-state index in [1.54, 1.807) is 23.4 Å². The van der Waals surface area contributed by atoms with Crippen LogP contribution in [0.2, 0.25) is 5.02 Å². The van der Waals surface area contributed by atoms with Crippen molar-refractivity contribution in [3.05, 3.63) is 45.8 Å². The summed E-state index contributed by atoms with van der Waals surface area (Å²) in [4.78, 5) is 26.7. The molecule has 1 aromatic heterocycles. The molecule has 6 nitrogen and oxygen atoms in total. The molecule has 9 heteroatoms. The highest BCUT2D eigenvalue weighted by atomic mass is 35.5. The van der Waals surface area contributed by atoms with Gasteiger partial charge in [-0.05, 0) is 41.6 Å². The molecular weight excluding hydrogens is 409 g/mol. The summed E-state index contributed by atoms with van der Waals surface area (Å²) in [6.07, 6.45) is 0. The Bertz CT molecular complexity index is 824. The molecule has 27 heavy (non-hydrogen) atoms. The van der Waals surface area contributed by atoms with Crippen molar-refractivity contribution in [3.63, 3.8) is 0 Å². The van der Waals surface area contributed by atoms with Gasteiger partial charge in [-0.2, -0.15) is 0 Å². The van der Waals surface area contributed by atoms with Gasteiger partial charge in [0.25, 0.3) is 11.8 Å². The van der Waals surface area contributed by atoms with Gasteiger partial charge >= 0.3 is 0 Å². The van der Waals surface area contributed by atoms with Crippen LogP contribution in [-0.2, 0) is 0 Å². The normalized spacial score (nSPS) is 10.9. The van der Waals surface area contributed by atoms with Crippen LogP contribution < -0.4 is 11.1 Å². The van der Waals surface area contributed by atoms with Crippen LogP contribution in [0.25, 0.3) is 0 Å². The number of aromatic hydroxyl groups is 1. The van der Waals surface area contributed by atoms with E-state index in [4.69, 9.17) is 17.3 Å². The van der Waals surface area contributed by atoms with Crippen LogP contribution in [0.3, 0.4) is 0 Å². The molecule has 0 saturated carbocycles. The quantitative estimate of drug-likeness (QED) is 0.647. The van der Waals surface area contributed by atoms with Gasteiger partial charge < -0.3 is 21.1 Å². The van der Waals surface area contributed by atoms with Gasteiger partial charge in [-0.3, -0.25) is 9.59 Å². The van der Waals surface area contributed by atoms with E-state index < -0.39 is 5.91 Å². The Hall–Kier alpha value is -1.80. The van der Waals surface area contributed by atoms with Crippen LogP contribution in [-0.4, -0.2) is 42.0 Å². The largest absolute Gasteiger partial charge is 0.507 e. The van der Waals surface area contributed by atoms with Gasteiger partial charge in [0.05, 0.1) is 11.1 Å². The molecule has 0 radical (unpaired) electrons. The van der Waals surface area contributed by atoms with Crippen molar-refractivity contribution in [2.24, 2.45) is 11.1 Å². The maximum atomic E-state index is 12.7. The second-order valence-electron chi connectivity index (χ2n) is 6.81. The van der Waals surface area contributed by atoms with Crippen molar-refractivity contribution in [2.75, 3.05) is 25.5 Å². The van der Waals surface area contributed by atoms with Crippen molar-refractivity contribution in [3.8, 4) is 5.75 Å². The zero-order chi connectivity index (χ0) is 19.5. The van der Waals surface area contributed by atoms with Gasteiger partial charge in [0, 0.05) is 18.6 Å². The molecule has 0 aliphatic rings. The predicted molar refractivity (Wildman–Crippen MR) is 112 cm³/mol. The molecule has 148 valence electrons. The zero-order valence-electron chi connectivity index (χ0n) is 15.3. The van der Waals surface area contributed by atoms with Crippen LogP contribution in [0, 0.1) is 5.41 Å². The molecule has 0 saturated heterocycles. The lowest BCUT2D eigenvalue weighted by Crippen LogP contribution is -2.39. The number of carbonyl (C=O) groups excluding carboxylic acids is 2. The molecule has 2 aromatic rings. The van der Waals surface area contributed by atoms with Crippen LogP contribution in [0.15, 0.2) is 29.6 Å². The van der Waals surface area contributed by atoms with Gasteiger partial charge in [0.15, 0.2) is 0 Å². The minimum Gasteiger partial charge on any atom is -0.507 e. The molecule has 4 N–H and O–H groups in total. The average Bonchev–Trinajstić information content (AvgIpc) is 3.01. The van der Waals surface area contributed by atoms with E-state index >= 15 is 0 Å². The Labute approximate surface area is 173 Å². The third-order valence-electron chi connectivity index (χ3n) is 3.89. The lowest BCUT2D eigenvalue weighted by atomic mass is 9.93. The molecular formula is C18H23Cl2N3O3S. The number of rotatable bonds is 6. The van der Waals surface area contributed by atoms with E-state index in [1.807, 2.05) is 13.8 Å². The maximum absolute atomic E-state index is 12.7. The SMILES string of the molecule is CN(CC(C)(C)CN)C(=O)c1ccsc1NC(=O)c1ccc(Cl)cc1O.Cl. The van der Waals surface area contributed by atoms with Gasteiger partial charge in [-0.15, -0.1) is 23.7 Å². The second-order valence-corrected chi connectivity index (χ2v) is 8.16. The highest BCUT2D eigenvalue weighted by Crippen LogP contribution is 2.28. The Kier molecular flexibility index (Phi) is 8.10. The second kappa shape index (κ2) is 9.41. The summed E-state index contributed by atoms with van der Waals surface area (Å²) in [6.45, 7) is 4.91. The summed E-state index contributed by atoms with van der Waals surface area (Å²) in [7, 11) is 1.70. The van der Waals surface area contributed by atoms with Gasteiger partial charge in [0.1, 0.15) is 10.8 Å². The number of benzene rings is 1. The fraction of sp³-hybridized carbons (Fsp3) is 0.333. The molecule has 0 bridgehead atoms. The average molecular weight is 432 g/mol. The van der Waals surface area contributed by atoms with Crippen molar-refractivity contribution in [1.29, 1.82) is 0 Å². The van der Waals surface area contributed by atoms with E-state index in [2.05, 4.69) is 5.32 Å². The number of phenolic OH excluding ortho intramolecular Hbond substituents is 1. The summed E-state index contributed by atoms with van der Waals surface area (Å²) in [5, 5.41) is 15.0. The number of thiophene rings is 1. The summed E-state index contributed by atoms with van der Waals surface area (Å²) in [6, 6.07) is 5.90. The first-order chi connectivity index (χ1) is 12.1. The summed E-state index contributed by atoms with van der Waals surface area (Å²) in [5.74, 6) is -0.940. The van der Waals surface area contributed by atoms with E-state index in [1.165, 1.54) is 29.5 Å². The van der Waals surface area contributed by atoms with Crippen LogP contribution >= 0.6 is 35.3 Å².